The molecular formula is C18H18NaO4. The van der Waals surface area contributed by atoms with Crippen molar-refractivity contribution in [2.24, 2.45) is 0 Å². The number of benzene rings is 2. The van der Waals surface area contributed by atoms with E-state index in [0.29, 0.717) is 23.5 Å². The fourth-order valence-electron chi connectivity index (χ4n) is 1.79. The quantitative estimate of drug-likeness (QED) is 0.354. The summed E-state index contributed by atoms with van der Waals surface area (Å²) >= 11 is 0. The third kappa shape index (κ3) is 6.18. The molecule has 0 bridgehead atoms. The van der Waals surface area contributed by atoms with E-state index in [2.05, 4.69) is 0 Å². The molecule has 0 atom stereocenters. The summed E-state index contributed by atoms with van der Waals surface area (Å²) in [5.74, 6) is -0.410. The number of hydrogen-bond acceptors (Lipinski definition) is 4. The van der Waals surface area contributed by atoms with Gasteiger partial charge in [0.15, 0.2) is 0 Å². The fraction of sp³-hybridized carbons (Fsp3) is 0.222. The molecule has 0 amide bonds. The van der Waals surface area contributed by atoms with Gasteiger partial charge in [0.2, 0.25) is 0 Å². The van der Waals surface area contributed by atoms with Crippen LogP contribution in [0.25, 0.3) is 0 Å². The molecule has 0 fully saturated rings. The van der Waals surface area contributed by atoms with E-state index >= 15 is 0 Å². The van der Waals surface area contributed by atoms with Gasteiger partial charge in [-0.3, -0.25) is 0 Å². The van der Waals surface area contributed by atoms with Crippen molar-refractivity contribution in [1.82, 2.24) is 0 Å². The van der Waals surface area contributed by atoms with E-state index in [1.165, 1.54) is 0 Å². The Morgan fingerprint density at radius 3 is 2.09 bits per heavy atom. The first-order chi connectivity index (χ1) is 10.7. The second-order valence-electron chi connectivity index (χ2n) is 4.77. The minimum absolute atomic E-state index is 0. The maximum Gasteiger partial charge on any atom is 0.343 e. The molecule has 0 aliphatic heterocycles. The SMILES string of the molecule is CCCCOC(=O)c1ccc(OC(=O)c2ccccc2)cc1.[Na]. The summed E-state index contributed by atoms with van der Waals surface area (Å²) < 4.78 is 10.4. The molecule has 1 radical (unpaired) electrons. The van der Waals surface area contributed by atoms with Crippen LogP contribution in [0.4, 0.5) is 0 Å². The summed E-state index contributed by atoms with van der Waals surface area (Å²) in [6, 6.07) is 15.1. The molecule has 0 aliphatic carbocycles. The first-order valence-corrected chi connectivity index (χ1v) is 7.25. The average Bonchev–Trinajstić information content (AvgIpc) is 2.56. The topological polar surface area (TPSA) is 52.6 Å². The standard InChI is InChI=1S/C18H18O4.Na/c1-2-3-13-21-17(19)15-9-11-16(12-10-15)22-18(20)14-7-5-4-6-8-14;/h4-12H,2-3,13H2,1H3;. The van der Waals surface area contributed by atoms with E-state index < -0.39 is 5.97 Å². The molecule has 0 saturated heterocycles. The van der Waals surface area contributed by atoms with Crippen LogP contribution >= 0.6 is 0 Å². The molecule has 2 aromatic carbocycles. The Hall–Kier alpha value is -1.62. The molecule has 4 nitrogen and oxygen atoms in total. The van der Waals surface area contributed by atoms with Crippen molar-refractivity contribution in [2.45, 2.75) is 19.8 Å². The molecule has 23 heavy (non-hydrogen) atoms. The summed E-state index contributed by atoms with van der Waals surface area (Å²) in [5.41, 5.74) is 0.918. The molecule has 115 valence electrons. The molecule has 0 aliphatic rings. The molecule has 0 spiro atoms. The Kier molecular flexibility index (Phi) is 8.62. The van der Waals surface area contributed by atoms with Crippen LogP contribution < -0.4 is 4.74 Å². The number of carbonyl (C=O) groups excluding carboxylic acids is 2. The summed E-state index contributed by atoms with van der Waals surface area (Å²) in [7, 11) is 0. The first kappa shape index (κ1) is 19.4. The molecule has 0 unspecified atom stereocenters. The second-order valence-corrected chi connectivity index (χ2v) is 4.77. The van der Waals surface area contributed by atoms with E-state index in [9.17, 15) is 9.59 Å². The number of carbonyl (C=O) groups is 2. The van der Waals surface area contributed by atoms with Gasteiger partial charge in [-0.2, -0.15) is 0 Å². The molecule has 2 aromatic rings. The number of rotatable bonds is 6. The Balaban J connectivity index is 0.00000264. The minimum Gasteiger partial charge on any atom is -0.462 e. The molecule has 5 heteroatoms. The smallest absolute Gasteiger partial charge is 0.343 e. The van der Waals surface area contributed by atoms with Gasteiger partial charge in [0.25, 0.3) is 0 Å². The first-order valence-electron chi connectivity index (χ1n) is 7.25. The van der Waals surface area contributed by atoms with E-state index in [1.807, 2.05) is 13.0 Å². The maximum absolute atomic E-state index is 11.9. The van der Waals surface area contributed by atoms with E-state index in [-0.39, 0.29) is 35.5 Å². The summed E-state index contributed by atoms with van der Waals surface area (Å²) in [6.45, 7) is 2.45. The Morgan fingerprint density at radius 2 is 1.48 bits per heavy atom. The van der Waals surface area contributed by atoms with Crippen molar-refractivity contribution in [3.63, 3.8) is 0 Å². The Labute approximate surface area is 158 Å². The van der Waals surface area contributed by atoms with Crippen LogP contribution in [0.15, 0.2) is 54.6 Å². The number of ether oxygens (including phenoxy) is 2. The van der Waals surface area contributed by atoms with Crippen molar-refractivity contribution >= 4 is 41.5 Å². The largest absolute Gasteiger partial charge is 0.462 e. The van der Waals surface area contributed by atoms with Gasteiger partial charge in [0.05, 0.1) is 17.7 Å². The van der Waals surface area contributed by atoms with Crippen molar-refractivity contribution < 1.29 is 19.1 Å². The van der Waals surface area contributed by atoms with Gasteiger partial charge < -0.3 is 9.47 Å². The van der Waals surface area contributed by atoms with Crippen LogP contribution in [0.1, 0.15) is 40.5 Å². The zero-order valence-corrected chi connectivity index (χ0v) is 15.5. The van der Waals surface area contributed by atoms with Gasteiger partial charge in [-0.25, -0.2) is 9.59 Å². The van der Waals surface area contributed by atoms with Gasteiger partial charge in [-0.05, 0) is 42.8 Å². The van der Waals surface area contributed by atoms with Crippen LogP contribution in [-0.2, 0) is 4.74 Å². The van der Waals surface area contributed by atoms with Gasteiger partial charge in [-0.1, -0.05) is 31.5 Å². The van der Waals surface area contributed by atoms with Crippen LogP contribution in [-0.4, -0.2) is 48.1 Å². The maximum atomic E-state index is 11.9. The van der Waals surface area contributed by atoms with Crippen LogP contribution in [0.3, 0.4) is 0 Å². The molecule has 0 aromatic heterocycles. The van der Waals surface area contributed by atoms with Gasteiger partial charge in [-0.15, -0.1) is 0 Å². The number of hydrogen-bond donors (Lipinski definition) is 0. The normalized spacial score (nSPS) is 9.61. The molecule has 2 rings (SSSR count). The molecule has 0 N–H and O–H groups in total. The fourth-order valence-corrected chi connectivity index (χ4v) is 1.79. The average molecular weight is 321 g/mol. The van der Waals surface area contributed by atoms with Gasteiger partial charge in [0, 0.05) is 29.6 Å². The van der Waals surface area contributed by atoms with Crippen LogP contribution in [0.5, 0.6) is 5.75 Å². The Bertz CT molecular complexity index is 623. The third-order valence-corrected chi connectivity index (χ3v) is 3.04. The van der Waals surface area contributed by atoms with Gasteiger partial charge in [0.1, 0.15) is 5.75 Å². The zero-order valence-electron chi connectivity index (χ0n) is 13.5. The summed E-state index contributed by atoms with van der Waals surface area (Å²) in [6.07, 6.45) is 1.82. The van der Waals surface area contributed by atoms with E-state index in [4.69, 9.17) is 9.47 Å². The van der Waals surface area contributed by atoms with E-state index in [0.717, 1.165) is 12.8 Å². The van der Waals surface area contributed by atoms with Crippen molar-refractivity contribution in [2.75, 3.05) is 6.61 Å². The minimum atomic E-state index is -0.432. The van der Waals surface area contributed by atoms with Crippen molar-refractivity contribution in [1.29, 1.82) is 0 Å². The van der Waals surface area contributed by atoms with Crippen molar-refractivity contribution in [3.05, 3.63) is 65.7 Å². The van der Waals surface area contributed by atoms with Crippen molar-refractivity contribution in [3.8, 4) is 5.75 Å². The van der Waals surface area contributed by atoms with Gasteiger partial charge >= 0.3 is 11.9 Å². The predicted molar refractivity (Wildman–Crippen MR) is 88.8 cm³/mol. The molecular weight excluding hydrogens is 303 g/mol. The molecule has 0 heterocycles. The third-order valence-electron chi connectivity index (χ3n) is 3.04. The summed E-state index contributed by atoms with van der Waals surface area (Å²) in [5, 5.41) is 0. The Morgan fingerprint density at radius 1 is 0.870 bits per heavy atom. The second kappa shape index (κ2) is 10.2. The molecule has 0 saturated carbocycles. The summed E-state index contributed by atoms with van der Waals surface area (Å²) in [4.78, 5) is 23.6. The van der Waals surface area contributed by atoms with Crippen LogP contribution in [0.2, 0.25) is 0 Å². The van der Waals surface area contributed by atoms with Crippen LogP contribution in [0, 0.1) is 0 Å². The monoisotopic (exact) mass is 321 g/mol. The number of unbranched alkanes of at least 4 members (excludes halogenated alkanes) is 1. The number of esters is 2. The predicted octanol–water partition coefficient (Wildman–Crippen LogP) is 3.48. The van der Waals surface area contributed by atoms with E-state index in [1.54, 1.807) is 48.5 Å². The zero-order chi connectivity index (χ0) is 15.8.